The first-order valence-corrected chi connectivity index (χ1v) is 8.86. The van der Waals surface area contributed by atoms with Crippen molar-refractivity contribution < 1.29 is 19.5 Å². The summed E-state index contributed by atoms with van der Waals surface area (Å²) in [6.07, 6.45) is 1.71. The minimum absolute atomic E-state index is 0.201. The third kappa shape index (κ3) is 3.17. The number of benzene rings is 1. The van der Waals surface area contributed by atoms with Gasteiger partial charge in [0.25, 0.3) is 0 Å². The van der Waals surface area contributed by atoms with Gasteiger partial charge in [-0.2, -0.15) is 0 Å². The molecular weight excluding hydrogens is 376 g/mol. The molecule has 128 valence electrons. The van der Waals surface area contributed by atoms with Crippen LogP contribution in [-0.2, 0) is 14.4 Å². The molecule has 0 saturated carbocycles. The highest BCUT2D eigenvalue weighted by Gasteiger charge is 2.41. The Labute approximate surface area is 148 Å². The van der Waals surface area contributed by atoms with Crippen LogP contribution in [0, 0.1) is 11.8 Å². The molecule has 1 aromatic carbocycles. The standard InChI is InChI=1S/C17H19BrN2O4/c18-13-5-1-2-6-14(13)20-9-7-12(16(20)22)15(21)19-8-3-4-11(10-19)17(23)24/h1-2,5-6,11-12H,3-4,7-10H2,(H,23,24)/t11-,12+/m0/s1. The number of hydrogen-bond donors (Lipinski definition) is 1. The highest BCUT2D eigenvalue weighted by atomic mass is 79.9. The molecule has 0 unspecified atom stereocenters. The lowest BCUT2D eigenvalue weighted by molar-refractivity contribution is -0.147. The van der Waals surface area contributed by atoms with Crippen molar-refractivity contribution in [2.45, 2.75) is 19.3 Å². The Morgan fingerprint density at radius 1 is 1.17 bits per heavy atom. The van der Waals surface area contributed by atoms with Crippen LogP contribution >= 0.6 is 15.9 Å². The van der Waals surface area contributed by atoms with E-state index in [1.165, 1.54) is 0 Å². The Morgan fingerprint density at radius 3 is 2.62 bits per heavy atom. The lowest BCUT2D eigenvalue weighted by Gasteiger charge is -2.32. The lowest BCUT2D eigenvalue weighted by atomic mass is 9.96. The molecule has 1 N–H and O–H groups in total. The fraction of sp³-hybridized carbons (Fsp3) is 0.471. The van der Waals surface area contributed by atoms with E-state index >= 15 is 0 Å². The molecule has 2 amide bonds. The molecule has 2 aliphatic heterocycles. The first kappa shape index (κ1) is 17.0. The Kier molecular flexibility index (Phi) is 4.89. The van der Waals surface area contributed by atoms with Gasteiger partial charge in [0, 0.05) is 24.1 Å². The number of nitrogens with zero attached hydrogens (tertiary/aromatic N) is 2. The molecule has 0 radical (unpaired) electrons. The number of para-hydroxylation sites is 1. The Morgan fingerprint density at radius 2 is 1.92 bits per heavy atom. The number of anilines is 1. The molecule has 3 rings (SSSR count). The van der Waals surface area contributed by atoms with Crippen molar-refractivity contribution in [3.63, 3.8) is 0 Å². The minimum Gasteiger partial charge on any atom is -0.481 e. The number of carboxylic acid groups (broad SMARTS) is 1. The molecule has 0 aliphatic carbocycles. The van der Waals surface area contributed by atoms with Crippen molar-refractivity contribution in [2.24, 2.45) is 11.8 Å². The molecule has 0 spiro atoms. The number of halogens is 1. The maximum absolute atomic E-state index is 12.7. The number of piperidine rings is 1. The molecule has 24 heavy (non-hydrogen) atoms. The summed E-state index contributed by atoms with van der Waals surface area (Å²) in [6, 6.07) is 7.43. The Bertz CT molecular complexity index is 678. The van der Waals surface area contributed by atoms with E-state index in [4.69, 9.17) is 5.11 Å². The van der Waals surface area contributed by atoms with Gasteiger partial charge in [0.05, 0.1) is 11.6 Å². The van der Waals surface area contributed by atoms with Crippen molar-refractivity contribution in [1.29, 1.82) is 0 Å². The molecule has 0 bridgehead atoms. The van der Waals surface area contributed by atoms with Gasteiger partial charge in [-0.1, -0.05) is 12.1 Å². The smallest absolute Gasteiger partial charge is 0.308 e. The number of hydrogen-bond acceptors (Lipinski definition) is 3. The van der Waals surface area contributed by atoms with Crippen molar-refractivity contribution in [2.75, 3.05) is 24.5 Å². The van der Waals surface area contributed by atoms with Gasteiger partial charge in [-0.3, -0.25) is 14.4 Å². The Hall–Kier alpha value is -1.89. The van der Waals surface area contributed by atoms with Gasteiger partial charge in [0.1, 0.15) is 5.92 Å². The van der Waals surface area contributed by atoms with E-state index in [0.29, 0.717) is 32.4 Å². The van der Waals surface area contributed by atoms with E-state index in [-0.39, 0.29) is 18.4 Å². The maximum Gasteiger partial charge on any atom is 0.308 e. The summed E-state index contributed by atoms with van der Waals surface area (Å²) >= 11 is 3.44. The third-order valence-electron chi connectivity index (χ3n) is 4.73. The fourth-order valence-electron chi connectivity index (χ4n) is 3.42. The highest BCUT2D eigenvalue weighted by molar-refractivity contribution is 9.10. The van der Waals surface area contributed by atoms with E-state index in [9.17, 15) is 14.4 Å². The number of likely N-dealkylation sites (tertiary alicyclic amines) is 1. The number of rotatable bonds is 3. The topological polar surface area (TPSA) is 77.9 Å². The average molecular weight is 395 g/mol. The highest BCUT2D eigenvalue weighted by Crippen LogP contribution is 2.32. The van der Waals surface area contributed by atoms with Gasteiger partial charge >= 0.3 is 5.97 Å². The van der Waals surface area contributed by atoms with Gasteiger partial charge in [0.15, 0.2) is 0 Å². The second-order valence-corrected chi connectivity index (χ2v) is 7.10. The largest absolute Gasteiger partial charge is 0.481 e. The summed E-state index contributed by atoms with van der Waals surface area (Å²) in [5.41, 5.74) is 0.764. The van der Waals surface area contributed by atoms with Gasteiger partial charge in [0.2, 0.25) is 11.8 Å². The van der Waals surface area contributed by atoms with Crippen LogP contribution in [0.2, 0.25) is 0 Å². The van der Waals surface area contributed by atoms with Crippen molar-refractivity contribution in [1.82, 2.24) is 4.90 Å². The molecule has 2 heterocycles. The summed E-state index contributed by atoms with van der Waals surface area (Å²) in [7, 11) is 0. The summed E-state index contributed by atoms with van der Waals surface area (Å²) in [5.74, 6) is -2.55. The lowest BCUT2D eigenvalue weighted by Crippen LogP contribution is -2.46. The first-order chi connectivity index (χ1) is 11.5. The minimum atomic E-state index is -0.875. The van der Waals surface area contributed by atoms with E-state index in [2.05, 4.69) is 15.9 Å². The van der Waals surface area contributed by atoms with Crippen LogP contribution in [0.15, 0.2) is 28.7 Å². The van der Waals surface area contributed by atoms with Gasteiger partial charge in [-0.05, 0) is 47.3 Å². The number of carbonyl (C=O) groups excluding carboxylic acids is 2. The maximum atomic E-state index is 12.7. The zero-order chi connectivity index (χ0) is 17.3. The molecule has 1 aromatic rings. The number of aliphatic carboxylic acids is 1. The third-order valence-corrected chi connectivity index (χ3v) is 5.40. The molecule has 2 atom stereocenters. The van der Waals surface area contributed by atoms with E-state index < -0.39 is 17.8 Å². The molecule has 2 fully saturated rings. The molecule has 6 nitrogen and oxygen atoms in total. The number of amides is 2. The molecule has 2 aliphatic rings. The summed E-state index contributed by atoms with van der Waals surface area (Å²) in [4.78, 5) is 39.8. The number of carboxylic acids is 1. The zero-order valence-corrected chi connectivity index (χ0v) is 14.7. The predicted molar refractivity (Wildman–Crippen MR) is 91.5 cm³/mol. The predicted octanol–water partition coefficient (Wildman–Crippen LogP) is 2.13. The second-order valence-electron chi connectivity index (χ2n) is 6.24. The van der Waals surface area contributed by atoms with Crippen LogP contribution in [-0.4, -0.2) is 47.4 Å². The van der Waals surface area contributed by atoms with Crippen LogP contribution in [0.5, 0.6) is 0 Å². The second kappa shape index (κ2) is 6.93. The summed E-state index contributed by atoms with van der Waals surface area (Å²) in [5, 5.41) is 9.16. The quantitative estimate of drug-likeness (QED) is 0.796. The molecule has 2 saturated heterocycles. The van der Waals surface area contributed by atoms with Crippen molar-refractivity contribution in [3.05, 3.63) is 28.7 Å². The average Bonchev–Trinajstić information content (AvgIpc) is 2.96. The normalized spacial score (nSPS) is 24.3. The fourth-order valence-corrected chi connectivity index (χ4v) is 3.92. The zero-order valence-electron chi connectivity index (χ0n) is 13.2. The van der Waals surface area contributed by atoms with E-state index in [0.717, 1.165) is 10.2 Å². The first-order valence-electron chi connectivity index (χ1n) is 8.06. The van der Waals surface area contributed by atoms with E-state index in [1.807, 2.05) is 24.3 Å². The van der Waals surface area contributed by atoms with Crippen LogP contribution < -0.4 is 4.90 Å². The summed E-state index contributed by atoms with van der Waals surface area (Å²) < 4.78 is 0.815. The molecule has 7 heteroatoms. The van der Waals surface area contributed by atoms with Crippen LogP contribution in [0.3, 0.4) is 0 Å². The van der Waals surface area contributed by atoms with Crippen molar-refractivity contribution in [3.8, 4) is 0 Å². The van der Waals surface area contributed by atoms with Crippen molar-refractivity contribution >= 4 is 39.4 Å². The van der Waals surface area contributed by atoms with E-state index in [1.54, 1.807) is 9.80 Å². The number of carbonyl (C=O) groups is 3. The molecule has 0 aromatic heterocycles. The SMILES string of the molecule is O=C(O)[C@H]1CCCN(C(=O)[C@H]2CCN(c3ccccc3Br)C2=O)C1. The van der Waals surface area contributed by atoms with Gasteiger partial charge in [-0.25, -0.2) is 0 Å². The van der Waals surface area contributed by atoms with Crippen LogP contribution in [0.25, 0.3) is 0 Å². The van der Waals surface area contributed by atoms with Crippen LogP contribution in [0.1, 0.15) is 19.3 Å². The van der Waals surface area contributed by atoms with Gasteiger partial charge < -0.3 is 14.9 Å². The Balaban J connectivity index is 1.72. The summed E-state index contributed by atoms with van der Waals surface area (Å²) in [6.45, 7) is 1.22. The van der Waals surface area contributed by atoms with Crippen LogP contribution in [0.4, 0.5) is 5.69 Å². The monoisotopic (exact) mass is 394 g/mol. The molecular formula is C17H19BrN2O4. The van der Waals surface area contributed by atoms with Gasteiger partial charge in [-0.15, -0.1) is 0 Å².